The first-order chi connectivity index (χ1) is 6.20. The summed E-state index contributed by atoms with van der Waals surface area (Å²) in [6.45, 7) is 4.62. The van der Waals surface area contributed by atoms with Crippen LogP contribution in [0.5, 0.6) is 0 Å². The van der Waals surface area contributed by atoms with Crippen molar-refractivity contribution in [2.24, 2.45) is 5.92 Å². The summed E-state index contributed by atoms with van der Waals surface area (Å²) in [6.07, 6.45) is 2.36. The summed E-state index contributed by atoms with van der Waals surface area (Å²) in [7, 11) is 0. The molecule has 0 aliphatic heterocycles. The maximum atomic E-state index is 2.36. The Kier molecular flexibility index (Phi) is 6.87. The van der Waals surface area contributed by atoms with Crippen molar-refractivity contribution in [3.8, 4) is 0 Å². The summed E-state index contributed by atoms with van der Waals surface area (Å²) in [5.74, 6) is 1.42. The molecule has 1 aliphatic rings. The molecule has 3 heteroatoms. The Morgan fingerprint density at radius 1 is 1.13 bits per heavy atom. The van der Waals surface area contributed by atoms with Crippen LogP contribution in [-0.2, 0) is 24.7 Å². The van der Waals surface area contributed by atoms with Crippen molar-refractivity contribution in [2.45, 2.75) is 19.8 Å². The van der Waals surface area contributed by atoms with Crippen LogP contribution in [0.2, 0.25) is 0 Å². The van der Waals surface area contributed by atoms with Gasteiger partial charge in [-0.2, -0.15) is 0 Å². The number of fused-ring (bicyclic) bond motifs is 1. The van der Waals surface area contributed by atoms with Gasteiger partial charge in [-0.15, -0.1) is 0 Å². The summed E-state index contributed by atoms with van der Waals surface area (Å²) >= 11 is 1.57. The second-order valence-corrected chi connectivity index (χ2v) is 5.37. The molecule has 0 aromatic heterocycles. The third-order valence-electron chi connectivity index (χ3n) is 2.64. The second-order valence-electron chi connectivity index (χ2n) is 3.95. The zero-order valence-corrected chi connectivity index (χ0v) is 14.4. The van der Waals surface area contributed by atoms with Crippen LogP contribution in [-0.4, -0.2) is 0 Å². The molecule has 2 rings (SSSR count). The van der Waals surface area contributed by atoms with Crippen LogP contribution in [0, 0.1) is 5.92 Å². The van der Waals surface area contributed by atoms with E-state index >= 15 is 0 Å². The molecule has 0 amide bonds. The number of hydrogen-bond acceptors (Lipinski definition) is 0. The van der Waals surface area contributed by atoms with Gasteiger partial charge in [-0.3, -0.25) is 0 Å². The van der Waals surface area contributed by atoms with Crippen molar-refractivity contribution >= 4 is 6.08 Å². The Hall–Kier alpha value is 0.803. The summed E-state index contributed by atoms with van der Waals surface area (Å²) in [6, 6.07) is 8.77. The van der Waals surface area contributed by atoms with E-state index in [0.29, 0.717) is 5.92 Å². The normalized spacial score (nSPS) is 17.7. The van der Waals surface area contributed by atoms with Gasteiger partial charge in [0.25, 0.3) is 0 Å². The molecule has 79 valence electrons. The van der Waals surface area contributed by atoms with Crippen LogP contribution >= 0.6 is 0 Å². The molecule has 0 N–H and O–H groups in total. The molecule has 15 heavy (non-hydrogen) atoms. The maximum Gasteiger partial charge on any atom is -1.00 e. The number of halogens is 2. The van der Waals surface area contributed by atoms with E-state index in [0.717, 1.165) is 5.92 Å². The third kappa shape index (κ3) is 3.14. The molecule has 1 unspecified atom stereocenters. The van der Waals surface area contributed by atoms with Gasteiger partial charge < -0.3 is 34.0 Å². The van der Waals surface area contributed by atoms with Crippen LogP contribution in [0.3, 0.4) is 0 Å². The molecule has 0 heterocycles. The molecule has 1 aromatic carbocycles. The number of rotatable bonds is 1. The minimum absolute atomic E-state index is 0. The Balaban J connectivity index is 0.000000980. The van der Waals surface area contributed by atoms with Crippen molar-refractivity contribution in [3.63, 3.8) is 0 Å². The molecule has 0 saturated heterocycles. The van der Waals surface area contributed by atoms with Crippen molar-refractivity contribution in [1.82, 2.24) is 0 Å². The van der Waals surface area contributed by atoms with E-state index in [1.165, 1.54) is 11.1 Å². The maximum absolute atomic E-state index is 2.36. The molecule has 0 nitrogen and oxygen atoms in total. The molecule has 0 fully saturated rings. The van der Waals surface area contributed by atoms with E-state index in [9.17, 15) is 0 Å². The molecule has 0 saturated carbocycles. The summed E-state index contributed by atoms with van der Waals surface area (Å²) in [5.41, 5.74) is 2.97. The first-order valence-electron chi connectivity index (χ1n) is 4.72. The van der Waals surface area contributed by atoms with Gasteiger partial charge in [-0.05, 0) is 0 Å². The summed E-state index contributed by atoms with van der Waals surface area (Å²) in [4.78, 5) is 0. The third-order valence-corrected chi connectivity index (χ3v) is 3.76. The van der Waals surface area contributed by atoms with E-state index < -0.39 is 0 Å². The molecule has 1 aromatic rings. The second kappa shape index (κ2) is 6.52. The molecule has 1 aliphatic carbocycles. The van der Waals surface area contributed by atoms with Gasteiger partial charge in [-0.1, -0.05) is 0 Å². The van der Waals surface area contributed by atoms with Crippen LogP contribution in [0.4, 0.5) is 0 Å². The van der Waals surface area contributed by atoms with Gasteiger partial charge in [-0.25, -0.2) is 0 Å². The fraction of sp³-hybridized carbons (Fsp3) is 0.333. The quantitative estimate of drug-likeness (QED) is 0.476. The van der Waals surface area contributed by atoms with Gasteiger partial charge >= 0.3 is 95.2 Å². The van der Waals surface area contributed by atoms with E-state index in [4.69, 9.17) is 0 Å². The predicted molar refractivity (Wildman–Crippen MR) is 52.0 cm³/mol. The molecular weight excluding hydrogens is 395 g/mol. The van der Waals surface area contributed by atoms with Gasteiger partial charge in [0.15, 0.2) is 0 Å². The molecule has 0 bridgehead atoms. The molecule has 0 radical (unpaired) electrons. The standard InChI is InChI=1S/C12H13.2BrH.Zr/c1-9(2)11-8-7-10-5-3-4-6-12(10)11;;;/h3-7,9,11H,1-2H3;2*1H;/q;;;+2/p-2. The topological polar surface area (TPSA) is 0 Å². The minimum Gasteiger partial charge on any atom is -1.00 e. The fourth-order valence-corrected chi connectivity index (χ4v) is 3.65. The van der Waals surface area contributed by atoms with Crippen molar-refractivity contribution in [3.05, 3.63) is 38.7 Å². The van der Waals surface area contributed by atoms with Gasteiger partial charge in [0.2, 0.25) is 0 Å². The van der Waals surface area contributed by atoms with Crippen LogP contribution in [0.25, 0.3) is 6.08 Å². The first-order valence-corrected chi connectivity index (χ1v) is 5.95. The van der Waals surface area contributed by atoms with E-state index in [-0.39, 0.29) is 34.0 Å². The van der Waals surface area contributed by atoms with E-state index in [1.807, 2.05) is 0 Å². The number of allylic oxidation sites excluding steroid dienone is 1. The summed E-state index contributed by atoms with van der Waals surface area (Å²) < 4.78 is 1.60. The fourth-order valence-electron chi connectivity index (χ4n) is 2.07. The monoisotopic (exact) mass is 405 g/mol. The number of benzene rings is 1. The Morgan fingerprint density at radius 2 is 1.73 bits per heavy atom. The van der Waals surface area contributed by atoms with Crippen LogP contribution in [0.1, 0.15) is 30.9 Å². The predicted octanol–water partition coefficient (Wildman–Crippen LogP) is -2.66. The Labute approximate surface area is 128 Å². The number of hydrogen-bond donors (Lipinski definition) is 0. The zero-order chi connectivity index (χ0) is 9.42. The van der Waals surface area contributed by atoms with Gasteiger partial charge in [0, 0.05) is 0 Å². The Morgan fingerprint density at radius 3 is 2.33 bits per heavy atom. The smallest absolute Gasteiger partial charge is 1.00 e. The van der Waals surface area contributed by atoms with Crippen molar-refractivity contribution < 1.29 is 58.7 Å². The minimum atomic E-state index is 0. The average Bonchev–Trinajstić information content (AvgIpc) is 2.39. The molecular formula is C12H13Br2Zr. The van der Waals surface area contributed by atoms with Gasteiger partial charge in [0.1, 0.15) is 0 Å². The van der Waals surface area contributed by atoms with Crippen LogP contribution < -0.4 is 34.0 Å². The van der Waals surface area contributed by atoms with Crippen LogP contribution in [0.15, 0.2) is 27.5 Å². The average molecular weight is 408 g/mol. The molecule has 0 spiro atoms. The van der Waals surface area contributed by atoms with Crippen molar-refractivity contribution in [2.75, 3.05) is 0 Å². The molecule has 1 atom stereocenters. The Bertz CT molecular complexity index is 358. The van der Waals surface area contributed by atoms with Crippen molar-refractivity contribution in [1.29, 1.82) is 0 Å². The van der Waals surface area contributed by atoms with E-state index in [1.54, 1.807) is 28.0 Å². The first kappa shape index (κ1) is 15.8. The zero-order valence-electron chi connectivity index (χ0n) is 8.80. The van der Waals surface area contributed by atoms with Gasteiger partial charge in [0.05, 0.1) is 0 Å². The van der Waals surface area contributed by atoms with E-state index in [2.05, 4.69) is 44.2 Å². The SMILES string of the molecule is CC(C)C1[C]([Zr+2])=Cc2ccccc21.[Br-].[Br-]. The largest absolute Gasteiger partial charge is 1.00 e. The summed E-state index contributed by atoms with van der Waals surface area (Å²) in [5, 5.41) is 0.